The number of amides is 1. The van der Waals surface area contributed by atoms with Crippen molar-refractivity contribution >= 4 is 28.8 Å². The lowest BCUT2D eigenvalue weighted by molar-refractivity contribution is -0.124. The summed E-state index contributed by atoms with van der Waals surface area (Å²) in [5.41, 5.74) is 9.38. The second kappa shape index (κ2) is 9.45. The molecule has 1 aliphatic rings. The molecule has 1 saturated heterocycles. The third-order valence-corrected chi connectivity index (χ3v) is 6.10. The molecule has 2 aromatic heterocycles. The van der Waals surface area contributed by atoms with Crippen molar-refractivity contribution in [1.29, 1.82) is 0 Å². The summed E-state index contributed by atoms with van der Waals surface area (Å²) in [5, 5.41) is 6.90. The minimum Gasteiger partial charge on any atom is -0.356 e. The van der Waals surface area contributed by atoms with Crippen molar-refractivity contribution in [2.45, 2.75) is 18.9 Å². The van der Waals surface area contributed by atoms with Crippen LogP contribution in [0.4, 0.5) is 0 Å². The predicted molar refractivity (Wildman–Crippen MR) is 115 cm³/mol. The summed E-state index contributed by atoms with van der Waals surface area (Å²) >= 11 is 7.62. The van der Waals surface area contributed by atoms with E-state index in [2.05, 4.69) is 31.5 Å². The molecule has 0 radical (unpaired) electrons. The van der Waals surface area contributed by atoms with Crippen LogP contribution in [0.25, 0.3) is 11.3 Å². The van der Waals surface area contributed by atoms with Gasteiger partial charge < -0.3 is 5.32 Å². The SMILES string of the molecule is O=C(NCCCc1nc(-c2ccncc2)cs1)C1CNNC1c1ccc(Cl)cc1. The quantitative estimate of drug-likeness (QED) is 0.504. The third-order valence-electron chi connectivity index (χ3n) is 4.94. The molecule has 1 aromatic carbocycles. The Morgan fingerprint density at radius 3 is 2.79 bits per heavy atom. The molecule has 0 saturated carbocycles. The van der Waals surface area contributed by atoms with E-state index < -0.39 is 0 Å². The fourth-order valence-corrected chi connectivity index (χ4v) is 4.37. The highest BCUT2D eigenvalue weighted by Crippen LogP contribution is 2.26. The summed E-state index contributed by atoms with van der Waals surface area (Å²) in [6.45, 7) is 1.23. The molecule has 6 nitrogen and oxygen atoms in total. The van der Waals surface area contributed by atoms with Crippen molar-refractivity contribution in [3.8, 4) is 11.3 Å². The van der Waals surface area contributed by atoms with Gasteiger partial charge in [-0.2, -0.15) is 0 Å². The normalized spacial score (nSPS) is 18.7. The van der Waals surface area contributed by atoms with Crippen LogP contribution < -0.4 is 16.2 Å². The monoisotopic (exact) mass is 427 g/mol. The number of halogens is 1. The minimum absolute atomic E-state index is 0.0547. The third kappa shape index (κ3) is 5.00. The zero-order chi connectivity index (χ0) is 20.1. The van der Waals surface area contributed by atoms with Crippen LogP contribution in [-0.2, 0) is 11.2 Å². The van der Waals surface area contributed by atoms with Gasteiger partial charge in [-0.3, -0.25) is 15.2 Å². The standard InChI is InChI=1S/C21H22ClN5OS/c22-16-5-3-15(4-6-16)20-17(12-25-27-20)21(28)24-9-1-2-19-26-18(13-29-19)14-7-10-23-11-8-14/h3-8,10-11,13,17,20,25,27H,1-2,9,12H2,(H,24,28). The van der Waals surface area contributed by atoms with E-state index in [9.17, 15) is 4.79 Å². The highest BCUT2D eigenvalue weighted by atomic mass is 35.5. The van der Waals surface area contributed by atoms with Crippen LogP contribution in [0.1, 0.15) is 23.0 Å². The number of thiazole rings is 1. The Kier molecular flexibility index (Phi) is 6.51. The maximum absolute atomic E-state index is 12.7. The Labute approximate surface area is 178 Å². The molecule has 3 heterocycles. The number of aromatic nitrogens is 2. The summed E-state index contributed by atoms with van der Waals surface area (Å²) in [7, 11) is 0. The highest BCUT2D eigenvalue weighted by Gasteiger charge is 2.33. The molecule has 2 unspecified atom stereocenters. The van der Waals surface area contributed by atoms with Crippen molar-refractivity contribution < 1.29 is 4.79 Å². The van der Waals surface area contributed by atoms with E-state index in [-0.39, 0.29) is 17.9 Å². The first-order valence-corrected chi connectivity index (χ1v) is 10.8. The lowest BCUT2D eigenvalue weighted by Crippen LogP contribution is -2.35. The lowest BCUT2D eigenvalue weighted by atomic mass is 9.94. The maximum atomic E-state index is 12.7. The number of carbonyl (C=O) groups is 1. The first-order valence-electron chi connectivity index (χ1n) is 9.57. The number of hydrogen-bond donors (Lipinski definition) is 3. The van der Waals surface area contributed by atoms with Gasteiger partial charge in [0.15, 0.2) is 0 Å². The fraction of sp³-hybridized carbons (Fsp3) is 0.286. The first-order chi connectivity index (χ1) is 14.2. The van der Waals surface area contributed by atoms with Crippen LogP contribution in [0.2, 0.25) is 5.02 Å². The summed E-state index contributed by atoms with van der Waals surface area (Å²) in [4.78, 5) is 21.4. The van der Waals surface area contributed by atoms with E-state index >= 15 is 0 Å². The van der Waals surface area contributed by atoms with Gasteiger partial charge in [0, 0.05) is 47.9 Å². The highest BCUT2D eigenvalue weighted by molar-refractivity contribution is 7.09. The van der Waals surface area contributed by atoms with E-state index in [1.807, 2.05) is 36.4 Å². The van der Waals surface area contributed by atoms with Gasteiger partial charge in [-0.25, -0.2) is 10.4 Å². The topological polar surface area (TPSA) is 78.9 Å². The molecule has 3 aromatic rings. The van der Waals surface area contributed by atoms with Crippen LogP contribution in [0, 0.1) is 5.92 Å². The second-order valence-electron chi connectivity index (χ2n) is 6.92. The van der Waals surface area contributed by atoms with Gasteiger partial charge in [-0.1, -0.05) is 23.7 Å². The second-order valence-corrected chi connectivity index (χ2v) is 8.30. The van der Waals surface area contributed by atoms with Gasteiger partial charge in [0.1, 0.15) is 0 Å². The van der Waals surface area contributed by atoms with E-state index in [4.69, 9.17) is 11.6 Å². The molecule has 1 fully saturated rings. The average Bonchev–Trinajstić information content (AvgIpc) is 3.42. The Morgan fingerprint density at radius 2 is 2.00 bits per heavy atom. The van der Waals surface area contributed by atoms with Gasteiger partial charge in [0.25, 0.3) is 0 Å². The molecule has 4 rings (SSSR count). The van der Waals surface area contributed by atoms with Gasteiger partial charge >= 0.3 is 0 Å². The zero-order valence-corrected chi connectivity index (χ0v) is 17.3. The van der Waals surface area contributed by atoms with Gasteiger partial charge in [-0.15, -0.1) is 11.3 Å². The number of hydrazine groups is 1. The maximum Gasteiger partial charge on any atom is 0.226 e. The van der Waals surface area contributed by atoms with Crippen LogP contribution in [0.5, 0.6) is 0 Å². The van der Waals surface area contributed by atoms with E-state index in [0.29, 0.717) is 18.1 Å². The summed E-state index contributed by atoms with van der Waals surface area (Å²) in [6.07, 6.45) is 5.24. The van der Waals surface area contributed by atoms with Crippen molar-refractivity contribution in [2.24, 2.45) is 5.92 Å². The van der Waals surface area contributed by atoms with E-state index in [1.165, 1.54) is 0 Å². The largest absolute Gasteiger partial charge is 0.356 e. The molecule has 0 spiro atoms. The number of carbonyl (C=O) groups excluding carboxylic acids is 1. The summed E-state index contributed by atoms with van der Waals surface area (Å²) < 4.78 is 0. The van der Waals surface area contributed by atoms with Gasteiger partial charge in [-0.05, 0) is 36.2 Å². The molecular weight excluding hydrogens is 406 g/mol. The summed E-state index contributed by atoms with van der Waals surface area (Å²) in [6, 6.07) is 11.5. The van der Waals surface area contributed by atoms with E-state index in [1.54, 1.807) is 23.7 Å². The van der Waals surface area contributed by atoms with Crippen molar-refractivity contribution in [1.82, 2.24) is 26.1 Å². The number of nitrogens with zero attached hydrogens (tertiary/aromatic N) is 2. The molecule has 150 valence electrons. The number of benzene rings is 1. The van der Waals surface area contributed by atoms with Gasteiger partial charge in [0.2, 0.25) is 5.91 Å². The molecule has 2 atom stereocenters. The Hall–Kier alpha value is -2.32. The van der Waals surface area contributed by atoms with Crippen molar-refractivity contribution in [3.05, 3.63) is 69.8 Å². The summed E-state index contributed by atoms with van der Waals surface area (Å²) in [5.74, 6) is -0.103. The zero-order valence-electron chi connectivity index (χ0n) is 15.8. The molecule has 8 heteroatoms. The Morgan fingerprint density at radius 1 is 1.21 bits per heavy atom. The smallest absolute Gasteiger partial charge is 0.226 e. The van der Waals surface area contributed by atoms with Gasteiger partial charge in [0.05, 0.1) is 22.7 Å². The van der Waals surface area contributed by atoms with Crippen LogP contribution >= 0.6 is 22.9 Å². The molecule has 1 amide bonds. The first kappa shape index (κ1) is 20.0. The molecular formula is C21H22ClN5OS. The molecule has 3 N–H and O–H groups in total. The molecule has 0 aliphatic carbocycles. The molecule has 1 aliphatic heterocycles. The molecule has 0 bridgehead atoms. The van der Waals surface area contributed by atoms with E-state index in [0.717, 1.165) is 34.7 Å². The number of nitrogens with one attached hydrogen (secondary N) is 3. The Bertz CT molecular complexity index is 947. The number of aryl methyl sites for hydroxylation is 1. The van der Waals surface area contributed by atoms with Crippen molar-refractivity contribution in [2.75, 3.05) is 13.1 Å². The Balaban J connectivity index is 1.26. The minimum atomic E-state index is -0.158. The lowest BCUT2D eigenvalue weighted by Gasteiger charge is -2.18. The molecule has 29 heavy (non-hydrogen) atoms. The average molecular weight is 428 g/mol. The predicted octanol–water partition coefficient (Wildman–Crippen LogP) is 3.37. The van der Waals surface area contributed by atoms with Crippen molar-refractivity contribution in [3.63, 3.8) is 0 Å². The number of hydrogen-bond acceptors (Lipinski definition) is 6. The fourth-order valence-electron chi connectivity index (χ4n) is 3.39. The van der Waals surface area contributed by atoms with Crippen LogP contribution in [-0.4, -0.2) is 29.0 Å². The number of pyridine rings is 1. The van der Waals surface area contributed by atoms with Crippen LogP contribution in [0.3, 0.4) is 0 Å². The number of rotatable bonds is 7. The van der Waals surface area contributed by atoms with Crippen LogP contribution in [0.15, 0.2) is 54.2 Å².